The number of carbonyl (C=O) groups is 2. The molecule has 0 radical (unpaired) electrons. The largest absolute Gasteiger partial charge is 0.480 e. The molecule has 1 saturated heterocycles. The van der Waals surface area contributed by atoms with Crippen molar-refractivity contribution in [1.82, 2.24) is 9.80 Å². The second-order valence-corrected chi connectivity index (χ2v) is 7.97. The van der Waals surface area contributed by atoms with Gasteiger partial charge in [0.1, 0.15) is 0 Å². The molecule has 0 unspecified atom stereocenters. The first-order chi connectivity index (χ1) is 13.1. The van der Waals surface area contributed by atoms with Gasteiger partial charge in [-0.1, -0.05) is 37.3 Å². The molecular weight excluding hydrogens is 340 g/mol. The number of carbonyl (C=O) groups excluding carboxylic acids is 1. The van der Waals surface area contributed by atoms with Crippen molar-refractivity contribution in [2.75, 3.05) is 26.2 Å². The summed E-state index contributed by atoms with van der Waals surface area (Å²) >= 11 is 0. The highest BCUT2D eigenvalue weighted by Gasteiger charge is 2.33. The fourth-order valence-electron chi connectivity index (χ4n) is 4.78. The summed E-state index contributed by atoms with van der Waals surface area (Å²) in [7, 11) is 0. The van der Waals surface area contributed by atoms with Crippen LogP contribution in [0.4, 0.5) is 0 Å². The van der Waals surface area contributed by atoms with Crippen LogP contribution in [-0.4, -0.2) is 59.0 Å². The lowest BCUT2D eigenvalue weighted by Crippen LogP contribution is -2.49. The van der Waals surface area contributed by atoms with Crippen LogP contribution in [0.15, 0.2) is 30.3 Å². The molecule has 1 N–H and O–H groups in total. The molecule has 5 heteroatoms. The molecule has 2 aliphatic rings. The monoisotopic (exact) mass is 372 g/mol. The quantitative estimate of drug-likeness (QED) is 0.832. The van der Waals surface area contributed by atoms with E-state index in [9.17, 15) is 9.59 Å². The fraction of sp³-hybridized carbons (Fsp3) is 0.636. The van der Waals surface area contributed by atoms with Crippen LogP contribution in [0.2, 0.25) is 0 Å². The molecule has 1 aliphatic heterocycles. The Hall–Kier alpha value is -1.88. The van der Waals surface area contributed by atoms with Gasteiger partial charge >= 0.3 is 5.97 Å². The third-order valence-corrected chi connectivity index (χ3v) is 6.38. The number of likely N-dealkylation sites (N-methyl/N-ethyl adjacent to an activating group) is 1. The maximum atomic E-state index is 12.9. The van der Waals surface area contributed by atoms with E-state index in [1.807, 2.05) is 16.7 Å². The zero-order chi connectivity index (χ0) is 19.2. The van der Waals surface area contributed by atoms with Crippen molar-refractivity contribution >= 4 is 11.9 Å². The molecule has 0 bridgehead atoms. The van der Waals surface area contributed by atoms with Crippen molar-refractivity contribution in [2.24, 2.45) is 5.92 Å². The number of hydrogen-bond acceptors (Lipinski definition) is 3. The van der Waals surface area contributed by atoms with E-state index >= 15 is 0 Å². The average Bonchev–Trinajstić information content (AvgIpc) is 2.72. The molecule has 1 aliphatic carbocycles. The lowest BCUT2D eigenvalue weighted by Gasteiger charge is -2.39. The predicted octanol–water partition coefficient (Wildman–Crippen LogP) is 3.36. The SMILES string of the molecule is CCN(CC(=O)O)C1CCN(C(=O)C2CCC(c3ccccc3)CC2)CC1. The molecule has 3 rings (SSSR count). The lowest BCUT2D eigenvalue weighted by atomic mass is 9.78. The number of nitrogens with zero attached hydrogens (tertiary/aromatic N) is 2. The maximum absolute atomic E-state index is 12.9. The highest BCUT2D eigenvalue weighted by Crippen LogP contribution is 2.36. The number of benzene rings is 1. The molecule has 0 aromatic heterocycles. The van der Waals surface area contributed by atoms with Crippen LogP contribution in [-0.2, 0) is 9.59 Å². The summed E-state index contributed by atoms with van der Waals surface area (Å²) in [5.41, 5.74) is 1.40. The fourth-order valence-corrected chi connectivity index (χ4v) is 4.78. The molecule has 2 fully saturated rings. The summed E-state index contributed by atoms with van der Waals surface area (Å²) in [6.45, 7) is 4.37. The minimum atomic E-state index is -0.773. The Balaban J connectivity index is 1.47. The van der Waals surface area contributed by atoms with Gasteiger partial charge in [-0.2, -0.15) is 0 Å². The molecule has 1 heterocycles. The van der Waals surface area contributed by atoms with Crippen molar-refractivity contribution in [1.29, 1.82) is 0 Å². The summed E-state index contributed by atoms with van der Waals surface area (Å²) < 4.78 is 0. The number of piperidine rings is 1. The van der Waals surface area contributed by atoms with Crippen molar-refractivity contribution < 1.29 is 14.7 Å². The van der Waals surface area contributed by atoms with E-state index in [1.54, 1.807) is 0 Å². The van der Waals surface area contributed by atoms with Gasteiger partial charge in [0.2, 0.25) is 5.91 Å². The molecule has 27 heavy (non-hydrogen) atoms. The highest BCUT2D eigenvalue weighted by molar-refractivity contribution is 5.79. The van der Waals surface area contributed by atoms with Crippen LogP contribution in [0, 0.1) is 5.92 Å². The van der Waals surface area contributed by atoms with Gasteiger partial charge in [-0.3, -0.25) is 14.5 Å². The first kappa shape index (κ1) is 19.9. The predicted molar refractivity (Wildman–Crippen MR) is 106 cm³/mol. The van der Waals surface area contributed by atoms with Crippen molar-refractivity contribution in [3.05, 3.63) is 35.9 Å². The van der Waals surface area contributed by atoms with Crippen LogP contribution >= 0.6 is 0 Å². The van der Waals surface area contributed by atoms with E-state index in [0.29, 0.717) is 11.8 Å². The highest BCUT2D eigenvalue weighted by atomic mass is 16.4. The standard InChI is InChI=1S/C22H32N2O3/c1-2-23(16-21(25)26)20-12-14-24(15-13-20)22(27)19-10-8-18(9-11-19)17-6-4-3-5-7-17/h3-7,18-20H,2,8-16H2,1H3,(H,25,26). The van der Waals surface area contributed by atoms with Crippen molar-refractivity contribution in [2.45, 2.75) is 57.4 Å². The first-order valence-corrected chi connectivity index (χ1v) is 10.4. The second-order valence-electron chi connectivity index (χ2n) is 7.97. The molecule has 1 amide bonds. The Bertz CT molecular complexity index is 618. The third-order valence-electron chi connectivity index (χ3n) is 6.38. The summed E-state index contributed by atoms with van der Waals surface area (Å²) in [5.74, 6) is 0.310. The number of carboxylic acid groups (broad SMARTS) is 1. The van der Waals surface area contributed by atoms with Gasteiger partial charge in [-0.15, -0.1) is 0 Å². The van der Waals surface area contributed by atoms with Crippen LogP contribution in [0.5, 0.6) is 0 Å². The maximum Gasteiger partial charge on any atom is 0.317 e. The van der Waals surface area contributed by atoms with E-state index in [4.69, 9.17) is 5.11 Å². The van der Waals surface area contributed by atoms with Gasteiger partial charge in [0.15, 0.2) is 0 Å². The number of rotatable bonds is 6. The molecule has 0 atom stereocenters. The van der Waals surface area contributed by atoms with E-state index in [2.05, 4.69) is 30.3 Å². The van der Waals surface area contributed by atoms with Gasteiger partial charge in [0.25, 0.3) is 0 Å². The van der Waals surface area contributed by atoms with Gasteiger partial charge < -0.3 is 10.0 Å². The number of aliphatic carboxylic acids is 1. The van der Waals surface area contributed by atoms with E-state index in [0.717, 1.165) is 58.2 Å². The van der Waals surface area contributed by atoms with Crippen molar-refractivity contribution in [3.8, 4) is 0 Å². The van der Waals surface area contributed by atoms with Crippen LogP contribution in [0.1, 0.15) is 56.9 Å². The van der Waals surface area contributed by atoms with E-state index in [1.165, 1.54) is 5.56 Å². The zero-order valence-electron chi connectivity index (χ0n) is 16.3. The Morgan fingerprint density at radius 1 is 1.04 bits per heavy atom. The van der Waals surface area contributed by atoms with Gasteiger partial charge in [-0.25, -0.2) is 0 Å². The first-order valence-electron chi connectivity index (χ1n) is 10.4. The van der Waals surface area contributed by atoms with Gasteiger partial charge in [-0.05, 0) is 56.6 Å². The van der Waals surface area contributed by atoms with E-state index in [-0.39, 0.29) is 18.5 Å². The Labute approximate surface area is 162 Å². The minimum Gasteiger partial charge on any atom is -0.480 e. The average molecular weight is 373 g/mol. The Kier molecular flexibility index (Phi) is 6.89. The normalized spacial score (nSPS) is 24.1. The molecule has 148 valence electrons. The number of likely N-dealkylation sites (tertiary alicyclic amines) is 1. The van der Waals surface area contributed by atoms with Crippen LogP contribution < -0.4 is 0 Å². The number of amides is 1. The molecule has 1 saturated carbocycles. The summed E-state index contributed by atoms with van der Waals surface area (Å²) in [6, 6.07) is 10.9. The lowest BCUT2D eigenvalue weighted by molar-refractivity contribution is -0.141. The summed E-state index contributed by atoms with van der Waals surface area (Å²) in [6.07, 6.45) is 5.92. The zero-order valence-corrected chi connectivity index (χ0v) is 16.3. The molecule has 1 aromatic carbocycles. The number of carboxylic acids is 1. The Morgan fingerprint density at radius 2 is 1.67 bits per heavy atom. The summed E-state index contributed by atoms with van der Waals surface area (Å²) in [5, 5.41) is 9.05. The second kappa shape index (κ2) is 9.36. The molecule has 0 spiro atoms. The van der Waals surface area contributed by atoms with Gasteiger partial charge in [0, 0.05) is 25.0 Å². The Morgan fingerprint density at radius 3 is 2.22 bits per heavy atom. The van der Waals surface area contributed by atoms with E-state index < -0.39 is 5.97 Å². The summed E-state index contributed by atoms with van der Waals surface area (Å²) in [4.78, 5) is 28.0. The molecule has 5 nitrogen and oxygen atoms in total. The molecule has 1 aromatic rings. The number of hydrogen-bond donors (Lipinski definition) is 1. The van der Waals surface area contributed by atoms with Crippen molar-refractivity contribution in [3.63, 3.8) is 0 Å². The third kappa shape index (κ3) is 5.10. The topological polar surface area (TPSA) is 60.9 Å². The minimum absolute atomic E-state index is 0.0958. The smallest absolute Gasteiger partial charge is 0.317 e. The molecular formula is C22H32N2O3. The van der Waals surface area contributed by atoms with Crippen LogP contribution in [0.3, 0.4) is 0 Å². The van der Waals surface area contributed by atoms with Crippen LogP contribution in [0.25, 0.3) is 0 Å². The van der Waals surface area contributed by atoms with Gasteiger partial charge in [0.05, 0.1) is 6.54 Å².